The summed E-state index contributed by atoms with van der Waals surface area (Å²) >= 11 is 0. The van der Waals surface area contributed by atoms with Crippen LogP contribution in [0.1, 0.15) is 39.5 Å². The van der Waals surface area contributed by atoms with Gasteiger partial charge in [-0.3, -0.25) is 9.59 Å². The second-order valence-electron chi connectivity index (χ2n) is 4.70. The number of rotatable bonds is 5. The first kappa shape index (κ1) is 13.0. The van der Waals surface area contributed by atoms with E-state index in [1.807, 2.05) is 6.92 Å². The van der Waals surface area contributed by atoms with E-state index in [4.69, 9.17) is 5.11 Å². The maximum Gasteiger partial charge on any atom is 0.308 e. The van der Waals surface area contributed by atoms with Gasteiger partial charge >= 0.3 is 5.97 Å². The number of carbonyl (C=O) groups excluding carboxylic acids is 1. The summed E-state index contributed by atoms with van der Waals surface area (Å²) in [7, 11) is 0. The van der Waals surface area contributed by atoms with Crippen LogP contribution in [0.2, 0.25) is 0 Å². The molecule has 0 aromatic carbocycles. The third-order valence-electron chi connectivity index (χ3n) is 3.56. The largest absolute Gasteiger partial charge is 0.481 e. The van der Waals surface area contributed by atoms with Crippen LogP contribution < -0.4 is 5.32 Å². The number of carbonyl (C=O) groups is 2. The summed E-state index contributed by atoms with van der Waals surface area (Å²) in [5.74, 6) is -0.733. The van der Waals surface area contributed by atoms with Crippen LogP contribution in [-0.2, 0) is 9.59 Å². The summed E-state index contributed by atoms with van der Waals surface area (Å²) in [6, 6.07) is 0. The number of carboxylic acids is 1. The average Bonchev–Trinajstić information content (AvgIpc) is 2.64. The highest BCUT2D eigenvalue weighted by Gasteiger charge is 2.30. The molecule has 0 aromatic rings. The van der Waals surface area contributed by atoms with E-state index in [-0.39, 0.29) is 18.4 Å². The van der Waals surface area contributed by atoms with E-state index in [2.05, 4.69) is 12.2 Å². The number of carboxylic acid groups (broad SMARTS) is 1. The molecule has 16 heavy (non-hydrogen) atoms. The molecule has 0 heterocycles. The van der Waals surface area contributed by atoms with Gasteiger partial charge in [-0.05, 0) is 25.2 Å². The first-order chi connectivity index (χ1) is 7.56. The first-order valence-corrected chi connectivity index (χ1v) is 6.06. The molecule has 92 valence electrons. The quantitative estimate of drug-likeness (QED) is 0.750. The third-order valence-corrected chi connectivity index (χ3v) is 3.56. The summed E-state index contributed by atoms with van der Waals surface area (Å²) in [4.78, 5) is 22.6. The van der Waals surface area contributed by atoms with Gasteiger partial charge in [0.1, 0.15) is 0 Å². The summed E-state index contributed by atoms with van der Waals surface area (Å²) in [6.07, 6.45) is 3.70. The van der Waals surface area contributed by atoms with E-state index in [0.717, 1.165) is 19.3 Å². The van der Waals surface area contributed by atoms with Crippen LogP contribution in [0.3, 0.4) is 0 Å². The molecule has 0 radical (unpaired) electrons. The van der Waals surface area contributed by atoms with Crippen LogP contribution in [0.15, 0.2) is 0 Å². The Bertz CT molecular complexity index is 265. The van der Waals surface area contributed by atoms with E-state index < -0.39 is 11.9 Å². The number of amides is 1. The molecule has 3 unspecified atom stereocenters. The minimum Gasteiger partial charge on any atom is -0.481 e. The minimum absolute atomic E-state index is 0.0321. The van der Waals surface area contributed by atoms with Gasteiger partial charge in [0.15, 0.2) is 0 Å². The molecular formula is C12H21NO3. The topological polar surface area (TPSA) is 66.4 Å². The van der Waals surface area contributed by atoms with Crippen molar-refractivity contribution in [3.05, 3.63) is 0 Å². The van der Waals surface area contributed by atoms with Crippen molar-refractivity contribution in [1.29, 1.82) is 0 Å². The van der Waals surface area contributed by atoms with Gasteiger partial charge in [-0.25, -0.2) is 0 Å². The van der Waals surface area contributed by atoms with Crippen LogP contribution in [-0.4, -0.2) is 23.5 Å². The zero-order valence-corrected chi connectivity index (χ0v) is 10.0. The molecule has 0 aromatic heterocycles. The molecule has 0 bridgehead atoms. The zero-order chi connectivity index (χ0) is 12.1. The van der Waals surface area contributed by atoms with Gasteiger partial charge in [-0.1, -0.05) is 20.3 Å². The molecule has 4 nitrogen and oxygen atoms in total. The Labute approximate surface area is 96.4 Å². The van der Waals surface area contributed by atoms with E-state index >= 15 is 0 Å². The fourth-order valence-corrected chi connectivity index (χ4v) is 2.30. The standard InChI is InChI=1S/C12H21NO3/c1-3-9(12(15)16)7-13-11(14)10-6-4-5-8(10)2/h8-10H,3-7H2,1-2H3,(H,13,14)(H,15,16). The fourth-order valence-electron chi connectivity index (χ4n) is 2.30. The van der Waals surface area contributed by atoms with E-state index in [1.165, 1.54) is 0 Å². The van der Waals surface area contributed by atoms with Gasteiger partial charge in [-0.2, -0.15) is 0 Å². The number of hydrogen-bond donors (Lipinski definition) is 2. The molecule has 1 fully saturated rings. The number of aliphatic carboxylic acids is 1. The molecule has 1 aliphatic rings. The highest BCUT2D eigenvalue weighted by Crippen LogP contribution is 2.31. The summed E-state index contributed by atoms with van der Waals surface area (Å²) in [6.45, 7) is 4.17. The van der Waals surface area contributed by atoms with Crippen molar-refractivity contribution in [2.24, 2.45) is 17.8 Å². The lowest BCUT2D eigenvalue weighted by Crippen LogP contribution is -2.37. The zero-order valence-electron chi connectivity index (χ0n) is 10.0. The van der Waals surface area contributed by atoms with Gasteiger partial charge in [0, 0.05) is 12.5 Å². The van der Waals surface area contributed by atoms with Crippen molar-refractivity contribution in [1.82, 2.24) is 5.32 Å². The normalized spacial score (nSPS) is 26.4. The SMILES string of the molecule is CCC(CNC(=O)C1CCCC1C)C(=O)O. The predicted octanol–water partition coefficient (Wildman–Crippen LogP) is 1.65. The number of nitrogens with one attached hydrogen (secondary N) is 1. The summed E-state index contributed by atoms with van der Waals surface area (Å²) in [5.41, 5.74) is 0. The van der Waals surface area contributed by atoms with Crippen molar-refractivity contribution < 1.29 is 14.7 Å². The minimum atomic E-state index is -0.831. The second kappa shape index (κ2) is 5.87. The Morgan fingerprint density at radius 1 is 1.44 bits per heavy atom. The smallest absolute Gasteiger partial charge is 0.308 e. The van der Waals surface area contributed by atoms with Crippen LogP contribution in [0.25, 0.3) is 0 Å². The molecule has 0 saturated heterocycles. The van der Waals surface area contributed by atoms with E-state index in [9.17, 15) is 9.59 Å². The summed E-state index contributed by atoms with van der Waals surface area (Å²) < 4.78 is 0. The molecule has 0 aliphatic heterocycles. The maximum atomic E-state index is 11.8. The second-order valence-corrected chi connectivity index (χ2v) is 4.70. The predicted molar refractivity (Wildman–Crippen MR) is 60.9 cm³/mol. The Morgan fingerprint density at radius 2 is 2.12 bits per heavy atom. The van der Waals surface area contributed by atoms with Crippen molar-refractivity contribution in [3.8, 4) is 0 Å². The van der Waals surface area contributed by atoms with Gasteiger partial charge in [-0.15, -0.1) is 0 Å². The Morgan fingerprint density at radius 3 is 2.56 bits per heavy atom. The Kier molecular flexibility index (Phi) is 4.77. The fraction of sp³-hybridized carbons (Fsp3) is 0.833. The number of hydrogen-bond acceptors (Lipinski definition) is 2. The van der Waals surface area contributed by atoms with Crippen molar-refractivity contribution in [2.45, 2.75) is 39.5 Å². The highest BCUT2D eigenvalue weighted by atomic mass is 16.4. The van der Waals surface area contributed by atoms with Crippen LogP contribution >= 0.6 is 0 Å². The molecule has 1 amide bonds. The molecule has 3 atom stereocenters. The molecule has 4 heteroatoms. The Balaban J connectivity index is 2.37. The molecule has 1 aliphatic carbocycles. The molecule has 0 spiro atoms. The maximum absolute atomic E-state index is 11.8. The first-order valence-electron chi connectivity index (χ1n) is 6.06. The highest BCUT2D eigenvalue weighted by molar-refractivity contribution is 5.80. The van der Waals surface area contributed by atoms with Crippen molar-refractivity contribution in [2.75, 3.05) is 6.54 Å². The van der Waals surface area contributed by atoms with Crippen molar-refractivity contribution >= 4 is 11.9 Å². The van der Waals surface area contributed by atoms with Gasteiger partial charge in [0.2, 0.25) is 5.91 Å². The lowest BCUT2D eigenvalue weighted by atomic mass is 9.97. The average molecular weight is 227 g/mol. The molecular weight excluding hydrogens is 206 g/mol. The van der Waals surface area contributed by atoms with Crippen LogP contribution in [0, 0.1) is 17.8 Å². The van der Waals surface area contributed by atoms with Gasteiger partial charge in [0.25, 0.3) is 0 Å². The van der Waals surface area contributed by atoms with E-state index in [0.29, 0.717) is 12.3 Å². The lowest BCUT2D eigenvalue weighted by Gasteiger charge is -2.17. The van der Waals surface area contributed by atoms with E-state index in [1.54, 1.807) is 0 Å². The Hall–Kier alpha value is -1.06. The van der Waals surface area contributed by atoms with Gasteiger partial charge < -0.3 is 10.4 Å². The van der Waals surface area contributed by atoms with Crippen molar-refractivity contribution in [3.63, 3.8) is 0 Å². The van der Waals surface area contributed by atoms with Gasteiger partial charge in [0.05, 0.1) is 5.92 Å². The molecule has 1 saturated carbocycles. The van der Waals surface area contributed by atoms with Crippen LogP contribution in [0.4, 0.5) is 0 Å². The molecule has 1 rings (SSSR count). The molecule has 2 N–H and O–H groups in total. The lowest BCUT2D eigenvalue weighted by molar-refractivity contribution is -0.141. The summed E-state index contributed by atoms with van der Waals surface area (Å²) in [5, 5.41) is 11.6. The van der Waals surface area contributed by atoms with Crippen LogP contribution in [0.5, 0.6) is 0 Å². The monoisotopic (exact) mass is 227 g/mol. The third kappa shape index (κ3) is 3.22.